The number of carbonyl (C=O) groups excluding carboxylic acids is 3. The van der Waals surface area contributed by atoms with E-state index in [1.807, 2.05) is 45.9 Å². The summed E-state index contributed by atoms with van der Waals surface area (Å²) >= 11 is 0. The minimum absolute atomic E-state index is 0.101. The average molecular weight is 540 g/mol. The second-order valence-corrected chi connectivity index (χ2v) is 11.3. The monoisotopic (exact) mass is 539 g/mol. The van der Waals surface area contributed by atoms with Crippen molar-refractivity contribution in [2.45, 2.75) is 98.4 Å². The second kappa shape index (κ2) is 14.0. The Hall–Kier alpha value is -3.55. The second-order valence-electron chi connectivity index (χ2n) is 11.3. The number of hydrogen-bond donors (Lipinski definition) is 3. The van der Waals surface area contributed by atoms with Gasteiger partial charge in [-0.15, -0.1) is 0 Å². The number of benzene rings is 2. The fourth-order valence-corrected chi connectivity index (χ4v) is 4.33. The molecular formula is C31H45N3O5. The zero-order valence-corrected chi connectivity index (χ0v) is 24.6. The van der Waals surface area contributed by atoms with Crippen molar-refractivity contribution in [1.82, 2.24) is 15.5 Å². The molecule has 0 aromatic heterocycles. The van der Waals surface area contributed by atoms with E-state index in [4.69, 9.17) is 4.74 Å². The molecule has 0 bridgehead atoms. The quantitative estimate of drug-likeness (QED) is 0.334. The molecule has 3 N–H and O–H groups in total. The molecule has 2 aromatic rings. The molecule has 2 unspecified atom stereocenters. The van der Waals surface area contributed by atoms with Gasteiger partial charge in [-0.05, 0) is 83.7 Å². The highest BCUT2D eigenvalue weighted by Crippen LogP contribution is 2.29. The van der Waals surface area contributed by atoms with Crippen LogP contribution >= 0.6 is 0 Å². The molecule has 2 atom stereocenters. The van der Waals surface area contributed by atoms with Crippen molar-refractivity contribution in [3.8, 4) is 5.75 Å². The maximum absolute atomic E-state index is 14.3. The average Bonchev–Trinajstić information content (AvgIpc) is 2.83. The zero-order valence-electron chi connectivity index (χ0n) is 24.6. The van der Waals surface area contributed by atoms with E-state index in [0.717, 1.165) is 35.1 Å². The highest BCUT2D eigenvalue weighted by Gasteiger charge is 2.38. The van der Waals surface area contributed by atoms with Gasteiger partial charge in [-0.3, -0.25) is 9.59 Å². The molecule has 0 spiro atoms. The van der Waals surface area contributed by atoms with Gasteiger partial charge in [0.15, 0.2) is 0 Å². The van der Waals surface area contributed by atoms with Crippen LogP contribution in [-0.2, 0) is 20.7 Å². The van der Waals surface area contributed by atoms with E-state index >= 15 is 0 Å². The topological polar surface area (TPSA) is 108 Å². The van der Waals surface area contributed by atoms with E-state index in [1.54, 1.807) is 37.8 Å². The number of phenols is 1. The van der Waals surface area contributed by atoms with Crippen molar-refractivity contribution in [1.29, 1.82) is 0 Å². The standard InChI is InChI=1S/C31H45N3O5/c1-9-10-17-32-28(36)27(25-18-21(4)11-12-22(25)5)34(20(2)3)29(37)26(33-30(38)39-31(6,7)8)19-23-13-15-24(35)16-14-23/h11-16,18,20,26-27,35H,9-10,17,19H2,1-8H3,(H,32,36)(H,33,38). The minimum Gasteiger partial charge on any atom is -0.508 e. The Morgan fingerprint density at radius 2 is 1.67 bits per heavy atom. The zero-order chi connectivity index (χ0) is 29.3. The number of nitrogens with one attached hydrogen (secondary N) is 2. The van der Waals surface area contributed by atoms with Gasteiger partial charge >= 0.3 is 6.09 Å². The summed E-state index contributed by atoms with van der Waals surface area (Å²) in [6.45, 7) is 15.4. The number of nitrogens with zero attached hydrogens (tertiary/aromatic N) is 1. The van der Waals surface area contributed by atoms with Crippen LogP contribution in [0.5, 0.6) is 5.75 Å². The first-order chi connectivity index (χ1) is 18.2. The van der Waals surface area contributed by atoms with Crippen molar-refractivity contribution in [2.24, 2.45) is 0 Å². The van der Waals surface area contributed by atoms with Gasteiger partial charge in [0.25, 0.3) is 0 Å². The van der Waals surface area contributed by atoms with Gasteiger partial charge < -0.3 is 25.4 Å². The van der Waals surface area contributed by atoms with Crippen LogP contribution in [0.3, 0.4) is 0 Å². The molecule has 2 aromatic carbocycles. The van der Waals surface area contributed by atoms with E-state index in [0.29, 0.717) is 6.54 Å². The smallest absolute Gasteiger partial charge is 0.408 e. The Balaban J connectivity index is 2.57. The van der Waals surface area contributed by atoms with Gasteiger partial charge in [0.05, 0.1) is 0 Å². The number of carbonyl (C=O) groups is 3. The van der Waals surface area contributed by atoms with Crippen molar-refractivity contribution < 1.29 is 24.2 Å². The van der Waals surface area contributed by atoms with Crippen molar-refractivity contribution in [2.75, 3.05) is 6.54 Å². The molecule has 8 nitrogen and oxygen atoms in total. The third-order valence-electron chi connectivity index (χ3n) is 6.26. The van der Waals surface area contributed by atoms with Gasteiger partial charge in [0, 0.05) is 19.0 Å². The van der Waals surface area contributed by atoms with Crippen LogP contribution in [0.4, 0.5) is 4.79 Å². The lowest BCUT2D eigenvalue weighted by molar-refractivity contribution is -0.144. The molecule has 0 aliphatic carbocycles. The number of amides is 3. The van der Waals surface area contributed by atoms with Crippen LogP contribution in [0, 0.1) is 13.8 Å². The Bertz CT molecular complexity index is 1120. The van der Waals surface area contributed by atoms with Gasteiger partial charge in [-0.1, -0.05) is 49.2 Å². The van der Waals surface area contributed by atoms with Crippen LogP contribution in [-0.4, -0.2) is 52.1 Å². The Morgan fingerprint density at radius 3 is 2.23 bits per heavy atom. The van der Waals surface area contributed by atoms with Crippen LogP contribution in [0.2, 0.25) is 0 Å². The minimum atomic E-state index is -1.01. The molecule has 0 radical (unpaired) electrons. The van der Waals surface area contributed by atoms with Crippen molar-refractivity contribution >= 4 is 17.9 Å². The molecule has 2 rings (SSSR count). The molecule has 8 heteroatoms. The molecule has 0 saturated carbocycles. The largest absolute Gasteiger partial charge is 0.508 e. The third-order valence-corrected chi connectivity index (χ3v) is 6.26. The lowest BCUT2D eigenvalue weighted by Gasteiger charge is -2.38. The first-order valence-electron chi connectivity index (χ1n) is 13.7. The molecular weight excluding hydrogens is 494 g/mol. The molecule has 214 valence electrons. The lowest BCUT2D eigenvalue weighted by Crippen LogP contribution is -2.55. The summed E-state index contributed by atoms with van der Waals surface area (Å²) in [4.78, 5) is 42.4. The van der Waals surface area contributed by atoms with Gasteiger partial charge in [-0.2, -0.15) is 0 Å². The molecule has 0 aliphatic rings. The summed E-state index contributed by atoms with van der Waals surface area (Å²) in [6.07, 6.45) is 1.18. The number of alkyl carbamates (subject to hydrolysis) is 1. The highest BCUT2D eigenvalue weighted by molar-refractivity contribution is 5.92. The Kier molecular flexibility index (Phi) is 11.4. The molecule has 0 fully saturated rings. The van der Waals surface area contributed by atoms with E-state index in [9.17, 15) is 19.5 Å². The number of rotatable bonds is 11. The van der Waals surface area contributed by atoms with Crippen LogP contribution < -0.4 is 10.6 Å². The van der Waals surface area contributed by atoms with Crippen LogP contribution in [0.25, 0.3) is 0 Å². The fraction of sp³-hybridized carbons (Fsp3) is 0.516. The molecule has 0 saturated heterocycles. The number of ether oxygens (including phenoxy) is 1. The predicted molar refractivity (Wildman–Crippen MR) is 154 cm³/mol. The van der Waals surface area contributed by atoms with Gasteiger partial charge in [0.2, 0.25) is 11.8 Å². The molecule has 3 amide bonds. The first kappa shape index (κ1) is 31.7. The Morgan fingerprint density at radius 1 is 1.03 bits per heavy atom. The molecule has 39 heavy (non-hydrogen) atoms. The SMILES string of the molecule is CCCCNC(=O)C(c1cc(C)ccc1C)N(C(=O)C(Cc1ccc(O)cc1)NC(=O)OC(C)(C)C)C(C)C. The maximum Gasteiger partial charge on any atom is 0.408 e. The number of phenolic OH excluding ortho intramolecular Hbond substituents is 1. The summed E-state index contributed by atoms with van der Waals surface area (Å²) in [5.74, 6) is -0.565. The normalized spacial score (nSPS) is 12.9. The third kappa shape index (κ3) is 9.61. The lowest BCUT2D eigenvalue weighted by atomic mass is 9.94. The summed E-state index contributed by atoms with van der Waals surface area (Å²) in [5.41, 5.74) is 2.60. The number of hydrogen-bond acceptors (Lipinski definition) is 5. The summed E-state index contributed by atoms with van der Waals surface area (Å²) in [6, 6.07) is 10.1. The van der Waals surface area contributed by atoms with Crippen LogP contribution in [0.15, 0.2) is 42.5 Å². The highest BCUT2D eigenvalue weighted by atomic mass is 16.6. The maximum atomic E-state index is 14.3. The summed E-state index contributed by atoms with van der Waals surface area (Å²) < 4.78 is 5.47. The van der Waals surface area contributed by atoms with Gasteiger partial charge in [-0.25, -0.2) is 4.79 Å². The number of unbranched alkanes of at least 4 members (excludes halogenated alkanes) is 1. The van der Waals surface area contributed by atoms with E-state index in [-0.39, 0.29) is 24.1 Å². The van der Waals surface area contributed by atoms with Crippen LogP contribution in [0.1, 0.15) is 82.7 Å². The number of aromatic hydroxyl groups is 1. The predicted octanol–water partition coefficient (Wildman–Crippen LogP) is 5.34. The first-order valence-corrected chi connectivity index (χ1v) is 13.7. The van der Waals surface area contributed by atoms with E-state index in [1.165, 1.54) is 12.1 Å². The van der Waals surface area contributed by atoms with Crippen molar-refractivity contribution in [3.63, 3.8) is 0 Å². The number of aryl methyl sites for hydroxylation is 2. The van der Waals surface area contributed by atoms with E-state index in [2.05, 4.69) is 17.6 Å². The summed E-state index contributed by atoms with van der Waals surface area (Å²) in [5, 5.41) is 15.5. The molecule has 0 heterocycles. The Labute approximate surface area is 233 Å². The van der Waals surface area contributed by atoms with E-state index < -0.39 is 29.7 Å². The van der Waals surface area contributed by atoms with Crippen molar-refractivity contribution in [3.05, 3.63) is 64.7 Å². The fourth-order valence-electron chi connectivity index (χ4n) is 4.33. The van der Waals surface area contributed by atoms with Gasteiger partial charge in [0.1, 0.15) is 23.4 Å². The molecule has 0 aliphatic heterocycles. The summed E-state index contributed by atoms with van der Waals surface area (Å²) in [7, 11) is 0.